The van der Waals surface area contributed by atoms with Crippen LogP contribution in [0.2, 0.25) is 0 Å². The van der Waals surface area contributed by atoms with Crippen molar-refractivity contribution in [1.82, 2.24) is 0 Å². The molecule has 1 aromatic rings. The Kier molecular flexibility index (Phi) is 3.86. The molecule has 0 saturated carbocycles. The van der Waals surface area contributed by atoms with Crippen molar-refractivity contribution in [1.29, 1.82) is 0 Å². The lowest BCUT2D eigenvalue weighted by atomic mass is 10.0. The summed E-state index contributed by atoms with van der Waals surface area (Å²) in [7, 11) is -5.22. The molecule has 0 atom stereocenters. The Balaban J connectivity index is 3.04. The number of halogens is 3. The molecule has 0 aromatic heterocycles. The molecule has 0 aliphatic rings. The van der Waals surface area contributed by atoms with Crippen LogP contribution in [0.3, 0.4) is 0 Å². The molecule has 0 aliphatic heterocycles. The molecular formula is C11H13F3O2S. The van der Waals surface area contributed by atoms with Crippen LogP contribution < -0.4 is 0 Å². The van der Waals surface area contributed by atoms with Gasteiger partial charge in [-0.3, -0.25) is 0 Å². The first-order chi connectivity index (χ1) is 7.64. The zero-order valence-corrected chi connectivity index (χ0v) is 10.3. The maximum Gasteiger partial charge on any atom is 0.501 e. The van der Waals surface area contributed by atoms with E-state index in [0.717, 1.165) is 17.7 Å². The molecule has 0 saturated heterocycles. The number of hydrogen-bond acceptors (Lipinski definition) is 2. The first-order valence-electron chi connectivity index (χ1n) is 5.05. The van der Waals surface area contributed by atoms with Crippen LogP contribution >= 0.6 is 0 Å². The van der Waals surface area contributed by atoms with E-state index in [9.17, 15) is 21.6 Å². The minimum atomic E-state index is -5.24. The van der Waals surface area contributed by atoms with Gasteiger partial charge in [0.15, 0.2) is 0 Å². The zero-order valence-electron chi connectivity index (χ0n) is 9.45. The van der Waals surface area contributed by atoms with E-state index >= 15 is 0 Å². The van der Waals surface area contributed by atoms with E-state index in [2.05, 4.69) is 0 Å². The maximum atomic E-state index is 12.2. The van der Waals surface area contributed by atoms with Crippen molar-refractivity contribution in [2.45, 2.75) is 30.7 Å². The van der Waals surface area contributed by atoms with Gasteiger partial charge in [-0.2, -0.15) is 13.2 Å². The van der Waals surface area contributed by atoms with Crippen molar-refractivity contribution in [3.63, 3.8) is 0 Å². The second-order valence-corrected chi connectivity index (χ2v) is 6.13. The number of alkyl halides is 3. The van der Waals surface area contributed by atoms with E-state index in [0.29, 0.717) is 12.3 Å². The van der Waals surface area contributed by atoms with Crippen LogP contribution in [0.1, 0.15) is 19.4 Å². The van der Waals surface area contributed by atoms with Gasteiger partial charge in [0.05, 0.1) is 4.90 Å². The van der Waals surface area contributed by atoms with Gasteiger partial charge in [0.25, 0.3) is 9.84 Å². The summed E-state index contributed by atoms with van der Waals surface area (Å²) in [5.74, 6) is 0.361. The molecule has 0 heterocycles. The highest BCUT2D eigenvalue weighted by atomic mass is 32.2. The second kappa shape index (κ2) is 4.68. The predicted octanol–water partition coefficient (Wildman–Crippen LogP) is 3.18. The first-order valence-corrected chi connectivity index (χ1v) is 6.53. The number of rotatable bonds is 3. The molecule has 0 N–H and O–H groups in total. The van der Waals surface area contributed by atoms with Crippen LogP contribution in [0, 0.1) is 5.92 Å². The number of benzene rings is 1. The second-order valence-electron chi connectivity index (χ2n) is 4.19. The molecule has 96 valence electrons. The van der Waals surface area contributed by atoms with Gasteiger partial charge in [0.2, 0.25) is 0 Å². The van der Waals surface area contributed by atoms with Gasteiger partial charge in [-0.05, 0) is 30.0 Å². The monoisotopic (exact) mass is 266 g/mol. The normalized spacial score (nSPS) is 13.1. The quantitative estimate of drug-likeness (QED) is 0.842. The molecule has 1 aromatic carbocycles. The molecule has 2 nitrogen and oxygen atoms in total. The molecule has 0 fully saturated rings. The third-order valence-corrected chi connectivity index (χ3v) is 3.68. The Labute approximate surface area is 98.4 Å². The lowest BCUT2D eigenvalue weighted by Crippen LogP contribution is -2.23. The summed E-state index contributed by atoms with van der Waals surface area (Å²) in [6.45, 7) is 3.95. The average molecular weight is 266 g/mol. The topological polar surface area (TPSA) is 34.1 Å². The number of sulfone groups is 1. The fourth-order valence-corrected chi connectivity index (χ4v) is 2.17. The van der Waals surface area contributed by atoms with Crippen LogP contribution in [0.15, 0.2) is 29.2 Å². The van der Waals surface area contributed by atoms with E-state index in [1.807, 2.05) is 13.8 Å². The van der Waals surface area contributed by atoms with Gasteiger partial charge in [0.1, 0.15) is 0 Å². The van der Waals surface area contributed by atoms with Crippen molar-refractivity contribution in [3.8, 4) is 0 Å². The molecule has 0 aliphatic carbocycles. The summed E-state index contributed by atoms with van der Waals surface area (Å²) < 4.78 is 58.8. The van der Waals surface area contributed by atoms with Gasteiger partial charge in [-0.15, -0.1) is 0 Å². The van der Waals surface area contributed by atoms with Gasteiger partial charge in [0, 0.05) is 0 Å². The predicted molar refractivity (Wildman–Crippen MR) is 58.2 cm³/mol. The molecule has 6 heteroatoms. The zero-order chi connectivity index (χ0) is 13.3. The third kappa shape index (κ3) is 3.21. The van der Waals surface area contributed by atoms with Gasteiger partial charge in [-0.25, -0.2) is 8.42 Å². The van der Waals surface area contributed by atoms with Gasteiger partial charge in [-0.1, -0.05) is 26.0 Å². The summed E-state index contributed by atoms with van der Waals surface area (Å²) in [6.07, 6.45) is 0.701. The molecule has 1 rings (SSSR count). The third-order valence-electron chi connectivity index (χ3n) is 2.18. The summed E-state index contributed by atoms with van der Waals surface area (Å²) in [5, 5.41) is 0. The largest absolute Gasteiger partial charge is 0.501 e. The number of hydrogen-bond donors (Lipinski definition) is 0. The SMILES string of the molecule is CC(C)Cc1ccc(S(=O)(=O)C(F)(F)F)cc1. The van der Waals surface area contributed by atoms with Crippen LogP contribution in [0.5, 0.6) is 0 Å². The smallest absolute Gasteiger partial charge is 0.214 e. The van der Waals surface area contributed by atoms with Crippen LogP contribution in [0.4, 0.5) is 13.2 Å². The molecule has 17 heavy (non-hydrogen) atoms. The van der Waals surface area contributed by atoms with Crippen LogP contribution in [-0.2, 0) is 16.3 Å². The highest BCUT2D eigenvalue weighted by Gasteiger charge is 2.46. The lowest BCUT2D eigenvalue weighted by Gasteiger charge is -2.09. The van der Waals surface area contributed by atoms with Crippen LogP contribution in [-0.4, -0.2) is 13.9 Å². The Bertz CT molecular complexity index is 472. The molecular weight excluding hydrogens is 253 g/mol. The summed E-state index contributed by atoms with van der Waals surface area (Å²) >= 11 is 0. The van der Waals surface area contributed by atoms with Gasteiger partial charge >= 0.3 is 5.51 Å². The fourth-order valence-electron chi connectivity index (χ4n) is 1.41. The molecule has 0 bridgehead atoms. The minimum absolute atomic E-state index is 0.361. The molecule has 0 spiro atoms. The van der Waals surface area contributed by atoms with Crippen LogP contribution in [0.25, 0.3) is 0 Å². The molecule has 0 unspecified atom stereocenters. The lowest BCUT2D eigenvalue weighted by molar-refractivity contribution is -0.0436. The Hall–Kier alpha value is -1.04. The summed E-state index contributed by atoms with van der Waals surface area (Å²) in [4.78, 5) is -0.711. The Morgan fingerprint density at radius 1 is 1.12 bits per heavy atom. The van der Waals surface area contributed by atoms with E-state index < -0.39 is 20.2 Å². The maximum absolute atomic E-state index is 12.2. The molecule has 0 amide bonds. The Morgan fingerprint density at radius 2 is 1.59 bits per heavy atom. The molecule has 0 radical (unpaired) electrons. The highest BCUT2D eigenvalue weighted by Crippen LogP contribution is 2.30. The summed E-state index contributed by atoms with van der Waals surface area (Å²) in [6, 6.07) is 4.83. The van der Waals surface area contributed by atoms with Gasteiger partial charge < -0.3 is 0 Å². The van der Waals surface area contributed by atoms with Crippen molar-refractivity contribution in [2.24, 2.45) is 5.92 Å². The van der Waals surface area contributed by atoms with Crippen molar-refractivity contribution >= 4 is 9.84 Å². The first kappa shape index (κ1) is 14.0. The van der Waals surface area contributed by atoms with E-state index in [1.54, 1.807) is 0 Å². The minimum Gasteiger partial charge on any atom is -0.214 e. The average Bonchev–Trinajstić information content (AvgIpc) is 2.15. The Morgan fingerprint density at radius 3 is 1.94 bits per heavy atom. The highest BCUT2D eigenvalue weighted by molar-refractivity contribution is 7.92. The summed E-state index contributed by atoms with van der Waals surface area (Å²) in [5.41, 5.74) is -4.42. The standard InChI is InChI=1S/C11H13F3O2S/c1-8(2)7-9-3-5-10(6-4-9)17(15,16)11(12,13)14/h3-6,8H,7H2,1-2H3. The van der Waals surface area contributed by atoms with Crippen molar-refractivity contribution in [2.75, 3.05) is 0 Å². The van der Waals surface area contributed by atoms with E-state index in [1.165, 1.54) is 12.1 Å². The van der Waals surface area contributed by atoms with E-state index in [-0.39, 0.29) is 0 Å². The van der Waals surface area contributed by atoms with E-state index in [4.69, 9.17) is 0 Å². The van der Waals surface area contributed by atoms with Crippen molar-refractivity contribution < 1.29 is 21.6 Å². The van der Waals surface area contributed by atoms with Crippen molar-refractivity contribution in [3.05, 3.63) is 29.8 Å². The fraction of sp³-hybridized carbons (Fsp3) is 0.455.